The fourth-order valence-electron chi connectivity index (χ4n) is 3.14. The van der Waals surface area contributed by atoms with Gasteiger partial charge in [0.2, 0.25) is 0 Å². The van der Waals surface area contributed by atoms with Gasteiger partial charge in [0.25, 0.3) is 0 Å². The van der Waals surface area contributed by atoms with Crippen LogP contribution < -0.4 is 10.5 Å². The van der Waals surface area contributed by atoms with Gasteiger partial charge in [-0.3, -0.25) is 4.90 Å². The molecule has 1 aromatic rings. The smallest absolute Gasteiger partial charge is 0.127 e. The Kier molecular flexibility index (Phi) is 3.83. The first-order valence-electron chi connectivity index (χ1n) is 7.05. The third kappa shape index (κ3) is 2.81. The highest BCUT2D eigenvalue weighted by Crippen LogP contribution is 2.34. The molecule has 2 aliphatic rings. The van der Waals surface area contributed by atoms with E-state index in [0.29, 0.717) is 12.0 Å². The molecule has 2 atom stereocenters. The van der Waals surface area contributed by atoms with Crippen LogP contribution in [0.3, 0.4) is 0 Å². The fraction of sp³-hybridized carbons (Fsp3) is 0.600. The van der Waals surface area contributed by atoms with Gasteiger partial charge in [0.1, 0.15) is 5.75 Å². The van der Waals surface area contributed by atoms with Gasteiger partial charge in [0, 0.05) is 35.6 Å². The van der Waals surface area contributed by atoms with Crippen LogP contribution in [0.4, 0.5) is 0 Å². The Labute approximate surface area is 123 Å². The molecule has 2 N–H and O–H groups in total. The average Bonchev–Trinajstić information content (AvgIpc) is 2.96. The standard InChI is InChI=1S/C15H21BrN2O/c1-10(17)12-2-4-18(8-12)9-13-7-14(16)6-11-3-5-19-15(11)13/h6-7,10,12H,2-5,8-9,17H2,1H3. The maximum atomic E-state index is 6.01. The molecule has 1 aromatic carbocycles. The number of benzene rings is 1. The third-order valence-corrected chi connectivity index (χ3v) is 4.73. The molecule has 0 aliphatic carbocycles. The fourth-order valence-corrected chi connectivity index (χ4v) is 3.69. The number of halogens is 1. The molecule has 3 rings (SSSR count). The highest BCUT2D eigenvalue weighted by molar-refractivity contribution is 9.10. The van der Waals surface area contributed by atoms with Crippen LogP contribution in [0, 0.1) is 5.92 Å². The second-order valence-electron chi connectivity index (χ2n) is 5.79. The van der Waals surface area contributed by atoms with E-state index >= 15 is 0 Å². The van der Waals surface area contributed by atoms with Crippen LogP contribution in [-0.2, 0) is 13.0 Å². The Balaban J connectivity index is 1.74. The van der Waals surface area contributed by atoms with E-state index in [2.05, 4.69) is 39.9 Å². The average molecular weight is 325 g/mol. The first-order chi connectivity index (χ1) is 9.13. The zero-order valence-electron chi connectivity index (χ0n) is 11.4. The predicted molar refractivity (Wildman–Crippen MR) is 80.4 cm³/mol. The van der Waals surface area contributed by atoms with Crippen LogP contribution in [0.2, 0.25) is 0 Å². The topological polar surface area (TPSA) is 38.5 Å². The van der Waals surface area contributed by atoms with E-state index < -0.39 is 0 Å². The summed E-state index contributed by atoms with van der Waals surface area (Å²) >= 11 is 3.61. The van der Waals surface area contributed by atoms with E-state index in [0.717, 1.165) is 42.9 Å². The summed E-state index contributed by atoms with van der Waals surface area (Å²) in [6.45, 7) is 6.17. The molecule has 104 valence electrons. The Morgan fingerprint density at radius 3 is 3.11 bits per heavy atom. The van der Waals surface area contributed by atoms with Crippen molar-refractivity contribution < 1.29 is 4.74 Å². The van der Waals surface area contributed by atoms with E-state index in [1.165, 1.54) is 17.5 Å². The highest BCUT2D eigenvalue weighted by Gasteiger charge is 2.27. The molecule has 0 saturated carbocycles. The molecule has 0 radical (unpaired) electrons. The van der Waals surface area contributed by atoms with Crippen LogP contribution in [-0.4, -0.2) is 30.6 Å². The van der Waals surface area contributed by atoms with Crippen molar-refractivity contribution in [3.8, 4) is 5.75 Å². The summed E-state index contributed by atoms with van der Waals surface area (Å²) in [5.41, 5.74) is 8.66. The van der Waals surface area contributed by atoms with Gasteiger partial charge in [0.15, 0.2) is 0 Å². The molecule has 0 bridgehead atoms. The van der Waals surface area contributed by atoms with E-state index in [1.54, 1.807) is 0 Å². The first-order valence-corrected chi connectivity index (χ1v) is 7.85. The number of fused-ring (bicyclic) bond motifs is 1. The number of rotatable bonds is 3. The van der Waals surface area contributed by atoms with Crippen molar-refractivity contribution in [1.82, 2.24) is 4.90 Å². The van der Waals surface area contributed by atoms with E-state index in [-0.39, 0.29) is 0 Å². The Morgan fingerprint density at radius 2 is 2.37 bits per heavy atom. The molecule has 1 fully saturated rings. The SMILES string of the molecule is CC(N)C1CCN(Cc2cc(Br)cc3c2OCC3)C1. The van der Waals surface area contributed by atoms with Crippen molar-refractivity contribution in [3.05, 3.63) is 27.7 Å². The summed E-state index contributed by atoms with van der Waals surface area (Å²) in [5, 5.41) is 0. The summed E-state index contributed by atoms with van der Waals surface area (Å²) in [6, 6.07) is 4.68. The molecular weight excluding hydrogens is 304 g/mol. The van der Waals surface area contributed by atoms with Crippen LogP contribution in [0.15, 0.2) is 16.6 Å². The lowest BCUT2D eigenvalue weighted by Crippen LogP contribution is -2.29. The molecule has 2 aliphatic heterocycles. The second kappa shape index (κ2) is 5.43. The van der Waals surface area contributed by atoms with E-state index in [9.17, 15) is 0 Å². The lowest BCUT2D eigenvalue weighted by Gasteiger charge is -2.19. The lowest BCUT2D eigenvalue weighted by molar-refractivity contribution is 0.297. The Bertz CT molecular complexity index is 475. The number of hydrogen-bond acceptors (Lipinski definition) is 3. The monoisotopic (exact) mass is 324 g/mol. The normalized spacial score (nSPS) is 24.3. The number of ether oxygens (including phenoxy) is 1. The molecule has 0 amide bonds. The van der Waals surface area contributed by atoms with Crippen LogP contribution in [0.1, 0.15) is 24.5 Å². The van der Waals surface area contributed by atoms with Crippen molar-refractivity contribution in [3.63, 3.8) is 0 Å². The predicted octanol–water partition coefficient (Wildman–Crippen LogP) is 2.55. The minimum absolute atomic E-state index is 0.300. The van der Waals surface area contributed by atoms with Gasteiger partial charge >= 0.3 is 0 Å². The van der Waals surface area contributed by atoms with Crippen molar-refractivity contribution in [2.45, 2.75) is 32.4 Å². The minimum atomic E-state index is 0.300. The summed E-state index contributed by atoms with van der Waals surface area (Å²) in [7, 11) is 0. The van der Waals surface area contributed by atoms with Crippen molar-refractivity contribution in [1.29, 1.82) is 0 Å². The third-order valence-electron chi connectivity index (χ3n) is 4.27. The van der Waals surface area contributed by atoms with Crippen LogP contribution in [0.5, 0.6) is 5.75 Å². The van der Waals surface area contributed by atoms with Gasteiger partial charge in [-0.2, -0.15) is 0 Å². The lowest BCUT2D eigenvalue weighted by atomic mass is 10.0. The van der Waals surface area contributed by atoms with E-state index in [4.69, 9.17) is 10.5 Å². The molecule has 4 heteroatoms. The largest absolute Gasteiger partial charge is 0.493 e. The molecular formula is C15H21BrN2O. The zero-order chi connectivity index (χ0) is 13.4. The van der Waals surface area contributed by atoms with Gasteiger partial charge in [-0.1, -0.05) is 15.9 Å². The molecule has 2 heterocycles. The summed E-state index contributed by atoms with van der Waals surface area (Å²) in [4.78, 5) is 2.50. The van der Waals surface area contributed by atoms with Gasteiger partial charge < -0.3 is 10.5 Å². The highest BCUT2D eigenvalue weighted by atomic mass is 79.9. The summed E-state index contributed by atoms with van der Waals surface area (Å²) in [5.74, 6) is 1.76. The number of nitrogens with zero attached hydrogens (tertiary/aromatic N) is 1. The first kappa shape index (κ1) is 13.4. The molecule has 0 aromatic heterocycles. The van der Waals surface area contributed by atoms with Gasteiger partial charge in [0.05, 0.1) is 6.61 Å². The quantitative estimate of drug-likeness (QED) is 0.928. The minimum Gasteiger partial charge on any atom is -0.493 e. The van der Waals surface area contributed by atoms with Gasteiger partial charge in [-0.15, -0.1) is 0 Å². The number of likely N-dealkylation sites (tertiary alicyclic amines) is 1. The molecule has 19 heavy (non-hydrogen) atoms. The molecule has 2 unspecified atom stereocenters. The van der Waals surface area contributed by atoms with Gasteiger partial charge in [-0.25, -0.2) is 0 Å². The number of nitrogens with two attached hydrogens (primary N) is 1. The second-order valence-corrected chi connectivity index (χ2v) is 6.71. The summed E-state index contributed by atoms with van der Waals surface area (Å²) < 4.78 is 6.96. The summed E-state index contributed by atoms with van der Waals surface area (Å²) in [6.07, 6.45) is 2.25. The van der Waals surface area contributed by atoms with Crippen LogP contribution >= 0.6 is 15.9 Å². The van der Waals surface area contributed by atoms with Gasteiger partial charge in [-0.05, 0) is 43.5 Å². The zero-order valence-corrected chi connectivity index (χ0v) is 12.9. The molecule has 0 spiro atoms. The maximum absolute atomic E-state index is 6.01. The van der Waals surface area contributed by atoms with Crippen molar-refractivity contribution in [2.24, 2.45) is 11.7 Å². The Morgan fingerprint density at radius 1 is 1.53 bits per heavy atom. The van der Waals surface area contributed by atoms with E-state index in [1.807, 2.05) is 0 Å². The van der Waals surface area contributed by atoms with Crippen molar-refractivity contribution in [2.75, 3.05) is 19.7 Å². The molecule has 3 nitrogen and oxygen atoms in total. The number of hydrogen-bond donors (Lipinski definition) is 1. The maximum Gasteiger partial charge on any atom is 0.127 e. The Hall–Kier alpha value is -0.580. The molecule has 1 saturated heterocycles. The van der Waals surface area contributed by atoms with Crippen molar-refractivity contribution >= 4 is 15.9 Å². The van der Waals surface area contributed by atoms with Crippen LogP contribution in [0.25, 0.3) is 0 Å².